The van der Waals surface area contributed by atoms with Crippen molar-refractivity contribution in [3.63, 3.8) is 0 Å². The molecule has 1 aromatic carbocycles. The van der Waals surface area contributed by atoms with Gasteiger partial charge in [0.1, 0.15) is 5.54 Å². The Hall–Kier alpha value is -4.04. The third-order valence-electron chi connectivity index (χ3n) is 6.16. The summed E-state index contributed by atoms with van der Waals surface area (Å²) in [7, 11) is 0. The lowest BCUT2D eigenvalue weighted by molar-refractivity contribution is -0.120. The van der Waals surface area contributed by atoms with Gasteiger partial charge in [0, 0.05) is 29.6 Å². The molecule has 4 rings (SSSR count). The smallest absolute Gasteiger partial charge is 0.293 e. The van der Waals surface area contributed by atoms with Crippen molar-refractivity contribution < 1.29 is 18.0 Å². The average molecular weight is 526 g/mol. The summed E-state index contributed by atoms with van der Waals surface area (Å²) in [5.74, 6) is -4.82. The number of anilines is 2. The molecule has 1 aliphatic rings. The van der Waals surface area contributed by atoms with Crippen molar-refractivity contribution in [3.05, 3.63) is 81.7 Å². The maximum absolute atomic E-state index is 15.1. The van der Waals surface area contributed by atoms with Crippen molar-refractivity contribution in [2.45, 2.75) is 45.6 Å². The zero-order valence-corrected chi connectivity index (χ0v) is 21.2. The first kappa shape index (κ1) is 26.0. The molecule has 0 saturated carbocycles. The van der Waals surface area contributed by atoms with E-state index in [1.54, 1.807) is 26.8 Å². The predicted molar refractivity (Wildman–Crippen MR) is 137 cm³/mol. The van der Waals surface area contributed by atoms with Crippen LogP contribution in [-0.4, -0.2) is 25.9 Å². The largest absolute Gasteiger partial charge is 0.302 e. The fourth-order valence-electron chi connectivity index (χ4n) is 4.30. The number of nitrogens with zero attached hydrogens (tertiary/aromatic N) is 5. The fraction of sp³-hybridized carbons (Fsp3) is 0.269. The zero-order chi connectivity index (χ0) is 27.3. The van der Waals surface area contributed by atoms with Gasteiger partial charge in [-0.1, -0.05) is 13.0 Å². The van der Waals surface area contributed by atoms with Gasteiger partial charge in [-0.25, -0.2) is 9.37 Å². The molecule has 190 valence electrons. The van der Waals surface area contributed by atoms with Gasteiger partial charge in [0.25, 0.3) is 17.4 Å². The number of fused-ring (bicyclic) bond motifs is 1. The number of hydrogen-bond donors (Lipinski definition) is 0. The van der Waals surface area contributed by atoms with Gasteiger partial charge in [0.15, 0.2) is 16.6 Å². The summed E-state index contributed by atoms with van der Waals surface area (Å²) in [5, 5.41) is 9.25. The van der Waals surface area contributed by atoms with Crippen LogP contribution in [0, 0.1) is 17.1 Å². The highest BCUT2D eigenvalue weighted by Crippen LogP contribution is 2.39. The topological polar surface area (TPSA) is 81.7 Å². The summed E-state index contributed by atoms with van der Waals surface area (Å²) in [5.41, 5.74) is -2.31. The predicted octanol–water partition coefficient (Wildman–Crippen LogP) is 4.85. The summed E-state index contributed by atoms with van der Waals surface area (Å²) in [6.07, 6.45) is 3.60. The number of amides is 1. The number of thiocarbonyl (C=S) groups is 1. The van der Waals surface area contributed by atoms with E-state index in [2.05, 4.69) is 4.98 Å². The molecule has 3 heterocycles. The van der Waals surface area contributed by atoms with E-state index in [1.165, 1.54) is 42.3 Å². The Kier molecular flexibility index (Phi) is 6.42. The van der Waals surface area contributed by atoms with Crippen LogP contribution in [0.2, 0.25) is 0 Å². The Labute approximate surface area is 216 Å². The highest BCUT2D eigenvalue weighted by molar-refractivity contribution is 7.81. The van der Waals surface area contributed by atoms with E-state index in [4.69, 9.17) is 12.2 Å². The van der Waals surface area contributed by atoms with Crippen LogP contribution in [0.25, 0.3) is 5.65 Å². The number of carbonyl (C=O) groups excluding carboxylic acids is 1. The van der Waals surface area contributed by atoms with E-state index in [1.807, 2.05) is 0 Å². The first-order chi connectivity index (χ1) is 17.4. The van der Waals surface area contributed by atoms with E-state index in [9.17, 15) is 23.6 Å². The molecule has 7 nitrogen and oxygen atoms in total. The van der Waals surface area contributed by atoms with Crippen LogP contribution in [0.3, 0.4) is 0 Å². The molecule has 0 bridgehead atoms. The molecule has 0 aliphatic carbocycles. The monoisotopic (exact) mass is 525 g/mol. The Morgan fingerprint density at radius 2 is 1.89 bits per heavy atom. The van der Waals surface area contributed by atoms with Crippen molar-refractivity contribution in [2.24, 2.45) is 0 Å². The lowest BCUT2D eigenvalue weighted by atomic mass is 9.99. The lowest BCUT2D eigenvalue weighted by Gasteiger charge is -2.29. The molecule has 1 saturated heterocycles. The minimum absolute atomic E-state index is 0.0245. The van der Waals surface area contributed by atoms with Gasteiger partial charge >= 0.3 is 0 Å². The van der Waals surface area contributed by atoms with Crippen molar-refractivity contribution in [1.29, 1.82) is 5.26 Å². The normalized spacial score (nSPS) is 15.7. The van der Waals surface area contributed by atoms with Crippen LogP contribution < -0.4 is 15.4 Å². The van der Waals surface area contributed by atoms with Crippen molar-refractivity contribution >= 4 is 40.3 Å². The molecule has 11 heteroatoms. The molecule has 1 amide bonds. The van der Waals surface area contributed by atoms with Crippen LogP contribution in [0.4, 0.5) is 24.5 Å². The van der Waals surface area contributed by atoms with Gasteiger partial charge in [-0.2, -0.15) is 14.0 Å². The second-order valence-corrected chi connectivity index (χ2v) is 9.33. The Morgan fingerprint density at radius 3 is 2.51 bits per heavy atom. The van der Waals surface area contributed by atoms with Gasteiger partial charge in [0.2, 0.25) is 0 Å². The summed E-state index contributed by atoms with van der Waals surface area (Å²) in [6, 6.07) is 7.75. The van der Waals surface area contributed by atoms with Crippen LogP contribution >= 0.6 is 12.2 Å². The number of benzene rings is 1. The Morgan fingerprint density at radius 1 is 1.19 bits per heavy atom. The van der Waals surface area contributed by atoms with E-state index in [-0.39, 0.29) is 27.7 Å². The zero-order valence-electron chi connectivity index (χ0n) is 20.4. The van der Waals surface area contributed by atoms with Gasteiger partial charge in [-0.05, 0) is 63.7 Å². The third-order valence-corrected chi connectivity index (χ3v) is 6.53. The van der Waals surface area contributed by atoms with Crippen LogP contribution in [0.15, 0.2) is 53.5 Å². The number of alkyl halides is 2. The van der Waals surface area contributed by atoms with Gasteiger partial charge in [-0.3, -0.25) is 18.9 Å². The Bertz CT molecular complexity index is 1590. The quantitative estimate of drug-likeness (QED) is 0.350. The molecule has 0 N–H and O–H groups in total. The number of aromatic nitrogens is 2. The Balaban J connectivity index is 1.86. The molecule has 1 fully saturated rings. The van der Waals surface area contributed by atoms with E-state index < -0.39 is 34.3 Å². The molecule has 0 radical (unpaired) electrons. The number of pyridine rings is 1. The number of nitriles is 1. The molecule has 2 aromatic heterocycles. The van der Waals surface area contributed by atoms with Crippen LogP contribution in [0.1, 0.15) is 44.5 Å². The molecular weight excluding hydrogens is 503 g/mol. The number of hydrogen-bond acceptors (Lipinski definition) is 5. The van der Waals surface area contributed by atoms with Gasteiger partial charge in [0.05, 0.1) is 23.0 Å². The SMILES string of the molecule is C/C=C/C(F)(F)c1cc(N2C(=O)C(C)(C)N(c3cc(F)c4nc(CC)cc(=O)n4c3)C2=S)ccc1C#N. The number of allylic oxidation sites excluding steroid dienone is 2. The fourth-order valence-corrected chi connectivity index (χ4v) is 4.82. The molecule has 37 heavy (non-hydrogen) atoms. The summed E-state index contributed by atoms with van der Waals surface area (Å²) < 4.78 is 45.7. The van der Waals surface area contributed by atoms with Gasteiger partial charge in [-0.15, -0.1) is 0 Å². The third kappa shape index (κ3) is 4.17. The van der Waals surface area contributed by atoms with E-state index >= 15 is 4.39 Å². The number of rotatable bonds is 5. The van der Waals surface area contributed by atoms with Crippen molar-refractivity contribution in [3.8, 4) is 6.07 Å². The highest BCUT2D eigenvalue weighted by Gasteiger charge is 2.51. The summed E-state index contributed by atoms with van der Waals surface area (Å²) >= 11 is 5.58. The van der Waals surface area contributed by atoms with E-state index in [0.717, 1.165) is 21.4 Å². The number of halogens is 3. The second-order valence-electron chi connectivity index (χ2n) is 8.96. The molecule has 0 unspecified atom stereocenters. The number of aryl methyl sites for hydroxylation is 1. The van der Waals surface area contributed by atoms with Crippen molar-refractivity contribution in [2.75, 3.05) is 9.80 Å². The van der Waals surface area contributed by atoms with Crippen LogP contribution in [-0.2, 0) is 17.1 Å². The minimum Gasteiger partial charge on any atom is -0.302 e. The maximum atomic E-state index is 15.1. The minimum atomic E-state index is -3.47. The molecule has 0 spiro atoms. The standard InChI is InChI=1S/C26H22F3N5O2S/c1-5-9-26(28,29)19-11-17(8-7-15(19)13-30)33-23(36)25(3,4)34(24(33)37)18-12-20(27)22-31-16(6-2)10-21(35)32(22)14-18/h5,7-12,14H,6H2,1-4H3/b9-5+. The summed E-state index contributed by atoms with van der Waals surface area (Å²) in [6.45, 7) is 6.31. The van der Waals surface area contributed by atoms with Gasteiger partial charge < -0.3 is 4.90 Å². The van der Waals surface area contributed by atoms with Crippen molar-refractivity contribution in [1.82, 2.24) is 9.38 Å². The molecule has 3 aromatic rings. The summed E-state index contributed by atoms with van der Waals surface area (Å²) in [4.78, 5) is 32.8. The number of carbonyl (C=O) groups is 1. The molecule has 1 aliphatic heterocycles. The molecule has 0 atom stereocenters. The average Bonchev–Trinajstić information content (AvgIpc) is 3.02. The van der Waals surface area contributed by atoms with E-state index in [0.29, 0.717) is 18.2 Å². The second kappa shape index (κ2) is 9.12. The lowest BCUT2D eigenvalue weighted by Crippen LogP contribution is -2.44. The first-order valence-electron chi connectivity index (χ1n) is 11.3. The molecular formula is C26H22F3N5O2S. The first-order valence-corrected chi connectivity index (χ1v) is 11.7. The maximum Gasteiger partial charge on any atom is 0.293 e. The van der Waals surface area contributed by atoms with Crippen LogP contribution in [0.5, 0.6) is 0 Å². The highest BCUT2D eigenvalue weighted by atomic mass is 32.1.